The van der Waals surface area contributed by atoms with Gasteiger partial charge >= 0.3 is 0 Å². The molecule has 31 heavy (non-hydrogen) atoms. The Balaban J connectivity index is 1.63. The molecule has 3 aromatic carbocycles. The fourth-order valence-electron chi connectivity index (χ4n) is 3.49. The zero-order valence-corrected chi connectivity index (χ0v) is 16.6. The lowest BCUT2D eigenvalue weighted by molar-refractivity contribution is 0.884. The summed E-state index contributed by atoms with van der Waals surface area (Å²) in [5, 5.41) is 5.29. The molecule has 150 valence electrons. The summed E-state index contributed by atoms with van der Waals surface area (Å²) < 4.78 is 2.91. The van der Waals surface area contributed by atoms with Crippen molar-refractivity contribution in [1.82, 2.24) is 19.4 Å². The number of para-hydroxylation sites is 2. The minimum Gasteiger partial charge on any atom is -0.334 e. The Labute approximate surface area is 178 Å². The van der Waals surface area contributed by atoms with Crippen molar-refractivity contribution < 1.29 is 0 Å². The Hall–Kier alpha value is -4.45. The normalized spacial score (nSPS) is 11.4. The fraction of sp³-hybridized carbons (Fsp3) is 0. The van der Waals surface area contributed by atoms with E-state index in [-0.39, 0.29) is 5.56 Å². The van der Waals surface area contributed by atoms with Gasteiger partial charge in [-0.3, -0.25) is 4.79 Å². The van der Waals surface area contributed by atoms with Crippen LogP contribution in [0.5, 0.6) is 0 Å². The van der Waals surface area contributed by atoms with Gasteiger partial charge in [-0.2, -0.15) is 5.10 Å². The van der Waals surface area contributed by atoms with E-state index in [1.807, 2.05) is 83.7 Å². The van der Waals surface area contributed by atoms with E-state index in [0.717, 1.165) is 27.2 Å². The smallest absolute Gasteiger partial charge is 0.280 e. The Morgan fingerprint density at radius 2 is 1.48 bits per heavy atom. The summed E-state index contributed by atoms with van der Waals surface area (Å²) in [4.78, 5) is 17.1. The van der Waals surface area contributed by atoms with Gasteiger partial charge in [0.25, 0.3) is 5.56 Å². The molecule has 2 heterocycles. The van der Waals surface area contributed by atoms with Crippen molar-refractivity contribution in [2.24, 2.45) is 0 Å². The zero-order chi connectivity index (χ0) is 21.2. The largest absolute Gasteiger partial charge is 0.334 e. The van der Waals surface area contributed by atoms with E-state index >= 15 is 0 Å². The highest BCUT2D eigenvalue weighted by atomic mass is 16.1. The van der Waals surface area contributed by atoms with Gasteiger partial charge < -0.3 is 5.84 Å². The first kappa shape index (κ1) is 18.6. The molecule has 0 saturated heterocycles. The molecule has 0 bridgehead atoms. The van der Waals surface area contributed by atoms with Gasteiger partial charge in [0.2, 0.25) is 0 Å². The van der Waals surface area contributed by atoms with Crippen LogP contribution in [0.2, 0.25) is 0 Å². The highest BCUT2D eigenvalue weighted by molar-refractivity contribution is 5.81. The van der Waals surface area contributed by atoms with Gasteiger partial charge in [-0.1, -0.05) is 60.7 Å². The number of hydrogen-bond donors (Lipinski definition) is 1. The molecule has 5 rings (SSSR count). The summed E-state index contributed by atoms with van der Waals surface area (Å²) in [7, 11) is 0. The molecule has 0 aliphatic rings. The van der Waals surface area contributed by atoms with Crippen molar-refractivity contribution in [2.45, 2.75) is 0 Å². The number of benzene rings is 3. The Morgan fingerprint density at radius 3 is 2.26 bits per heavy atom. The third-order valence-electron chi connectivity index (χ3n) is 5.06. The van der Waals surface area contributed by atoms with Crippen LogP contribution in [-0.4, -0.2) is 19.4 Å². The molecule has 6 nitrogen and oxygen atoms in total. The second-order valence-corrected chi connectivity index (χ2v) is 7.07. The minimum atomic E-state index is -0.284. The molecule has 0 atom stereocenters. The predicted molar refractivity (Wildman–Crippen MR) is 124 cm³/mol. The van der Waals surface area contributed by atoms with Gasteiger partial charge in [-0.25, -0.2) is 14.3 Å². The molecular weight excluding hydrogens is 386 g/mol. The number of rotatable bonds is 4. The molecule has 6 heteroatoms. The van der Waals surface area contributed by atoms with Crippen LogP contribution in [-0.2, 0) is 0 Å². The van der Waals surface area contributed by atoms with Crippen LogP contribution in [0.25, 0.3) is 40.0 Å². The number of hydrogen-bond acceptors (Lipinski definition) is 4. The molecule has 0 saturated carbocycles. The number of nitrogen functional groups attached to an aromatic ring is 1. The summed E-state index contributed by atoms with van der Waals surface area (Å²) in [6.07, 6.45) is 5.58. The highest BCUT2D eigenvalue weighted by Gasteiger charge is 2.11. The van der Waals surface area contributed by atoms with E-state index in [0.29, 0.717) is 16.7 Å². The summed E-state index contributed by atoms with van der Waals surface area (Å²) in [5.41, 5.74) is 3.99. The average molecular weight is 405 g/mol. The van der Waals surface area contributed by atoms with Crippen LogP contribution in [0.15, 0.2) is 95.9 Å². The molecule has 0 radical (unpaired) electrons. The summed E-state index contributed by atoms with van der Waals surface area (Å²) in [6, 6.07) is 27.0. The van der Waals surface area contributed by atoms with Gasteiger partial charge in [0.05, 0.1) is 22.3 Å². The Morgan fingerprint density at radius 1 is 0.806 bits per heavy atom. The second-order valence-electron chi connectivity index (χ2n) is 7.07. The third kappa shape index (κ3) is 3.51. The first-order valence-corrected chi connectivity index (χ1v) is 9.86. The highest BCUT2D eigenvalue weighted by Crippen LogP contribution is 2.25. The van der Waals surface area contributed by atoms with Gasteiger partial charge in [-0.05, 0) is 36.4 Å². The predicted octanol–water partition coefficient (Wildman–Crippen LogP) is 4.13. The van der Waals surface area contributed by atoms with Crippen molar-refractivity contribution in [3.8, 4) is 16.9 Å². The third-order valence-corrected chi connectivity index (χ3v) is 5.06. The molecule has 0 amide bonds. The van der Waals surface area contributed by atoms with Gasteiger partial charge in [0.15, 0.2) is 5.82 Å². The van der Waals surface area contributed by atoms with Crippen molar-refractivity contribution in [1.29, 1.82) is 0 Å². The van der Waals surface area contributed by atoms with E-state index in [4.69, 9.17) is 10.9 Å². The van der Waals surface area contributed by atoms with Gasteiger partial charge in [-0.15, -0.1) is 0 Å². The van der Waals surface area contributed by atoms with Crippen molar-refractivity contribution in [3.05, 3.63) is 113 Å². The first-order valence-electron chi connectivity index (χ1n) is 9.86. The van der Waals surface area contributed by atoms with Crippen LogP contribution in [0.4, 0.5) is 0 Å². The second kappa shape index (κ2) is 7.76. The van der Waals surface area contributed by atoms with Crippen LogP contribution in [0.1, 0.15) is 11.4 Å². The van der Waals surface area contributed by atoms with Gasteiger partial charge in [0, 0.05) is 17.3 Å². The lowest BCUT2D eigenvalue weighted by atomic mass is 10.1. The first-order chi connectivity index (χ1) is 15.2. The van der Waals surface area contributed by atoms with Crippen molar-refractivity contribution in [2.75, 3.05) is 5.84 Å². The quantitative estimate of drug-likeness (QED) is 0.456. The number of aromatic nitrogens is 4. The van der Waals surface area contributed by atoms with E-state index in [2.05, 4.69) is 4.98 Å². The molecular formula is C25H19N5O. The molecule has 5 aromatic rings. The SMILES string of the molecule is Nn1c(/C=C/c2cn(-c3ccccc3)nc2-c2ccccc2)nc2ccccc2c1=O. The Kier molecular flexibility index (Phi) is 4.65. The molecule has 0 unspecified atom stereocenters. The maximum Gasteiger partial charge on any atom is 0.280 e. The minimum absolute atomic E-state index is 0.284. The van der Waals surface area contributed by atoms with Crippen molar-refractivity contribution >= 4 is 23.1 Å². The maximum atomic E-state index is 12.6. The molecule has 2 aromatic heterocycles. The monoisotopic (exact) mass is 405 g/mol. The summed E-state index contributed by atoms with van der Waals surface area (Å²) in [6.45, 7) is 0. The standard InChI is InChI=1S/C25H19N5O/c26-30-23(27-22-14-8-7-13-21(22)25(30)31)16-15-19-17-29(20-11-5-2-6-12-20)28-24(19)18-9-3-1-4-10-18/h1-17H,26H2/b16-15+. The van der Waals surface area contributed by atoms with Gasteiger partial charge in [0.1, 0.15) is 0 Å². The number of nitrogens with zero attached hydrogens (tertiary/aromatic N) is 4. The van der Waals surface area contributed by atoms with Crippen LogP contribution in [0.3, 0.4) is 0 Å². The van der Waals surface area contributed by atoms with E-state index < -0.39 is 0 Å². The molecule has 0 fully saturated rings. The van der Waals surface area contributed by atoms with Crippen LogP contribution >= 0.6 is 0 Å². The van der Waals surface area contributed by atoms with Crippen LogP contribution < -0.4 is 11.4 Å². The van der Waals surface area contributed by atoms with E-state index in [1.54, 1.807) is 24.3 Å². The fourth-order valence-corrected chi connectivity index (χ4v) is 3.49. The van der Waals surface area contributed by atoms with Crippen LogP contribution in [0, 0.1) is 0 Å². The topological polar surface area (TPSA) is 78.7 Å². The molecule has 0 spiro atoms. The molecule has 0 aliphatic carbocycles. The summed E-state index contributed by atoms with van der Waals surface area (Å²) in [5.74, 6) is 6.40. The maximum absolute atomic E-state index is 12.6. The number of fused-ring (bicyclic) bond motifs is 1. The number of nitrogens with two attached hydrogens (primary N) is 1. The van der Waals surface area contributed by atoms with Crippen molar-refractivity contribution in [3.63, 3.8) is 0 Å². The Bertz CT molecular complexity index is 1450. The van der Waals surface area contributed by atoms with E-state index in [9.17, 15) is 4.79 Å². The van der Waals surface area contributed by atoms with E-state index in [1.165, 1.54) is 0 Å². The average Bonchev–Trinajstić information content (AvgIpc) is 3.26. The zero-order valence-electron chi connectivity index (χ0n) is 16.6. The lowest BCUT2D eigenvalue weighted by Gasteiger charge is -2.05. The lowest BCUT2D eigenvalue weighted by Crippen LogP contribution is -2.30. The molecule has 2 N–H and O–H groups in total. The molecule has 0 aliphatic heterocycles. The summed E-state index contributed by atoms with van der Waals surface area (Å²) >= 11 is 0.